The van der Waals surface area contributed by atoms with Gasteiger partial charge in [0.1, 0.15) is 0 Å². The first-order valence-electron chi connectivity index (χ1n) is 7.13. The molecule has 4 rings (SSSR count). The van der Waals surface area contributed by atoms with Crippen LogP contribution in [0.15, 0.2) is 42.9 Å². The molecular formula is C18H17IrN3-2. The molecule has 0 atom stereocenters. The van der Waals surface area contributed by atoms with Gasteiger partial charge >= 0.3 is 0 Å². The topological polar surface area (TPSA) is 19.4 Å². The number of nitrogens with zero attached hydrogens (tertiary/aromatic N) is 3. The molecule has 0 spiro atoms. The molecule has 2 aromatic rings. The van der Waals surface area contributed by atoms with E-state index in [1.165, 1.54) is 16.7 Å². The van der Waals surface area contributed by atoms with Crippen molar-refractivity contribution in [2.45, 2.75) is 19.3 Å². The molecule has 22 heavy (non-hydrogen) atoms. The Morgan fingerprint density at radius 3 is 2.77 bits per heavy atom. The molecule has 1 aliphatic carbocycles. The summed E-state index contributed by atoms with van der Waals surface area (Å²) in [4.78, 5) is 8.78. The van der Waals surface area contributed by atoms with E-state index >= 15 is 0 Å². The number of hydrogen-bond donors (Lipinski definition) is 0. The van der Waals surface area contributed by atoms with Crippen LogP contribution in [-0.4, -0.2) is 16.9 Å². The van der Waals surface area contributed by atoms with Gasteiger partial charge in [-0.2, -0.15) is 24.9 Å². The van der Waals surface area contributed by atoms with Crippen LogP contribution in [0, 0.1) is 12.7 Å². The second-order valence-electron chi connectivity index (χ2n) is 6.13. The first-order chi connectivity index (χ1) is 10.1. The molecule has 0 fully saturated rings. The Morgan fingerprint density at radius 2 is 2.05 bits per heavy atom. The van der Waals surface area contributed by atoms with Gasteiger partial charge in [0, 0.05) is 32.0 Å². The SMILES string of the molecule is CN1C=CN(c2[c-]ccc3c2C(C)(C)c2cccnc2-3)[CH-]1.[Ir]. The first-order valence-corrected chi connectivity index (χ1v) is 7.13. The van der Waals surface area contributed by atoms with Gasteiger partial charge in [-0.25, -0.2) is 0 Å². The van der Waals surface area contributed by atoms with Gasteiger partial charge < -0.3 is 9.80 Å². The van der Waals surface area contributed by atoms with E-state index in [1.807, 2.05) is 36.5 Å². The van der Waals surface area contributed by atoms with Gasteiger partial charge in [0.05, 0.1) is 0 Å². The van der Waals surface area contributed by atoms with Crippen molar-refractivity contribution in [3.63, 3.8) is 0 Å². The third-order valence-corrected chi connectivity index (χ3v) is 4.36. The number of rotatable bonds is 1. The number of anilines is 1. The molecule has 0 saturated carbocycles. The third kappa shape index (κ3) is 2.02. The Morgan fingerprint density at radius 1 is 1.23 bits per heavy atom. The van der Waals surface area contributed by atoms with Crippen LogP contribution < -0.4 is 4.90 Å². The van der Waals surface area contributed by atoms with Crippen molar-refractivity contribution < 1.29 is 20.1 Å². The monoisotopic (exact) mass is 468 g/mol. The molecule has 1 aromatic carbocycles. The summed E-state index contributed by atoms with van der Waals surface area (Å²) in [5.41, 5.74) is 5.96. The zero-order valence-corrected chi connectivity index (χ0v) is 15.2. The predicted octanol–water partition coefficient (Wildman–Crippen LogP) is 3.53. The Bertz CT molecular complexity index is 752. The Balaban J connectivity index is 0.00000144. The van der Waals surface area contributed by atoms with E-state index in [9.17, 15) is 0 Å². The molecule has 3 nitrogen and oxygen atoms in total. The summed E-state index contributed by atoms with van der Waals surface area (Å²) in [6.07, 6.45) is 5.98. The molecule has 2 aliphatic rings. The maximum absolute atomic E-state index is 4.61. The van der Waals surface area contributed by atoms with E-state index in [1.54, 1.807) is 0 Å². The summed E-state index contributed by atoms with van der Waals surface area (Å²) in [6, 6.07) is 11.7. The van der Waals surface area contributed by atoms with E-state index < -0.39 is 0 Å². The average Bonchev–Trinajstić information content (AvgIpc) is 3.01. The second kappa shape index (κ2) is 5.22. The molecule has 0 N–H and O–H groups in total. The maximum Gasteiger partial charge on any atom is 0.0495 e. The van der Waals surface area contributed by atoms with Crippen molar-refractivity contribution in [3.8, 4) is 11.3 Å². The molecule has 1 radical (unpaired) electrons. The molecule has 0 unspecified atom stereocenters. The number of hydrogen-bond acceptors (Lipinski definition) is 3. The Hall–Kier alpha value is -1.64. The predicted molar refractivity (Wildman–Crippen MR) is 84.3 cm³/mol. The molecule has 115 valence electrons. The van der Waals surface area contributed by atoms with E-state index in [0.717, 1.165) is 11.4 Å². The van der Waals surface area contributed by atoms with Crippen LogP contribution >= 0.6 is 0 Å². The van der Waals surface area contributed by atoms with Crippen LogP contribution in [0.5, 0.6) is 0 Å². The van der Waals surface area contributed by atoms with Gasteiger partial charge in [-0.05, 0) is 36.5 Å². The fourth-order valence-corrected chi connectivity index (χ4v) is 3.36. The van der Waals surface area contributed by atoms with Crippen LogP contribution in [0.3, 0.4) is 0 Å². The minimum Gasteiger partial charge on any atom is -0.510 e. The normalized spacial score (nSPS) is 17.2. The van der Waals surface area contributed by atoms with Crippen LogP contribution in [-0.2, 0) is 25.5 Å². The zero-order valence-electron chi connectivity index (χ0n) is 12.8. The summed E-state index contributed by atoms with van der Waals surface area (Å²) in [6.45, 7) is 6.60. The largest absolute Gasteiger partial charge is 0.510 e. The summed E-state index contributed by atoms with van der Waals surface area (Å²) >= 11 is 0. The van der Waals surface area contributed by atoms with E-state index in [0.29, 0.717) is 0 Å². The molecule has 2 heterocycles. The van der Waals surface area contributed by atoms with Crippen molar-refractivity contribution in [2.75, 3.05) is 11.9 Å². The minimum atomic E-state index is -0.0607. The molecule has 0 bridgehead atoms. The summed E-state index contributed by atoms with van der Waals surface area (Å²) in [7, 11) is 2.03. The minimum absolute atomic E-state index is 0. The number of benzene rings is 1. The smallest absolute Gasteiger partial charge is 0.0495 e. The van der Waals surface area contributed by atoms with Crippen molar-refractivity contribution in [2.24, 2.45) is 0 Å². The van der Waals surface area contributed by atoms with Gasteiger partial charge in [0.25, 0.3) is 0 Å². The zero-order chi connectivity index (χ0) is 14.6. The van der Waals surface area contributed by atoms with Crippen molar-refractivity contribution in [3.05, 3.63) is 66.7 Å². The molecular weight excluding hydrogens is 450 g/mol. The second-order valence-corrected chi connectivity index (χ2v) is 6.13. The third-order valence-electron chi connectivity index (χ3n) is 4.36. The fraction of sp³-hybridized carbons (Fsp3) is 0.222. The molecule has 1 aliphatic heterocycles. The summed E-state index contributed by atoms with van der Waals surface area (Å²) in [5, 5.41) is 0. The van der Waals surface area contributed by atoms with Gasteiger partial charge in [-0.3, -0.25) is 4.98 Å². The molecule has 0 saturated heterocycles. The van der Waals surface area contributed by atoms with Crippen molar-refractivity contribution in [1.29, 1.82) is 0 Å². The van der Waals surface area contributed by atoms with Gasteiger partial charge in [0.2, 0.25) is 0 Å². The number of aromatic nitrogens is 1. The van der Waals surface area contributed by atoms with Gasteiger partial charge in [-0.15, -0.1) is 16.8 Å². The van der Waals surface area contributed by atoms with Crippen molar-refractivity contribution >= 4 is 5.69 Å². The van der Waals surface area contributed by atoms with Crippen LogP contribution in [0.2, 0.25) is 0 Å². The quantitative estimate of drug-likeness (QED) is 0.599. The maximum atomic E-state index is 4.61. The van der Waals surface area contributed by atoms with Gasteiger partial charge in [0.15, 0.2) is 0 Å². The van der Waals surface area contributed by atoms with Crippen molar-refractivity contribution in [1.82, 2.24) is 9.88 Å². The summed E-state index contributed by atoms with van der Waals surface area (Å²) < 4.78 is 0. The molecule has 0 amide bonds. The van der Waals surface area contributed by atoms with Gasteiger partial charge in [-0.1, -0.05) is 19.9 Å². The fourth-order valence-electron chi connectivity index (χ4n) is 3.36. The van der Waals surface area contributed by atoms with E-state index in [2.05, 4.69) is 54.8 Å². The van der Waals surface area contributed by atoms with Crippen LogP contribution in [0.4, 0.5) is 5.69 Å². The number of pyridine rings is 1. The van der Waals surface area contributed by atoms with E-state index in [-0.39, 0.29) is 25.5 Å². The Labute approximate surface area is 145 Å². The van der Waals surface area contributed by atoms with Crippen LogP contribution in [0.25, 0.3) is 11.3 Å². The van der Waals surface area contributed by atoms with Crippen LogP contribution in [0.1, 0.15) is 25.0 Å². The standard InChI is InChI=1S/C18H17N3.Ir/c1-18(2)14-7-5-9-19-17(14)13-6-4-8-15(16(13)18)21-11-10-20(3)12-21;/h4-7,9-12H,1-3H3;/q-2;. The summed E-state index contributed by atoms with van der Waals surface area (Å²) in [5.74, 6) is 0. The molecule has 4 heteroatoms. The van der Waals surface area contributed by atoms with E-state index in [4.69, 9.17) is 0 Å². The average molecular weight is 468 g/mol. The Kier molecular flexibility index (Phi) is 3.62. The number of fused-ring (bicyclic) bond motifs is 3. The first kappa shape index (κ1) is 15.3. The molecule has 1 aromatic heterocycles.